The molecule has 0 saturated carbocycles. The molecule has 1 N–H and O–H groups in total. The van der Waals surface area contributed by atoms with Gasteiger partial charge >= 0.3 is 0 Å². The summed E-state index contributed by atoms with van der Waals surface area (Å²) in [6.45, 7) is 9.26. The molecule has 2 nitrogen and oxygen atoms in total. The Hall–Kier alpha value is -1.02. The van der Waals surface area contributed by atoms with Crippen LogP contribution in [0.15, 0.2) is 24.3 Å². The van der Waals surface area contributed by atoms with Gasteiger partial charge in [-0.25, -0.2) is 0 Å². The minimum atomic E-state index is 0.992. The lowest BCUT2D eigenvalue weighted by Gasteiger charge is -2.31. The van der Waals surface area contributed by atoms with Gasteiger partial charge in [-0.15, -0.1) is 0 Å². The highest BCUT2D eigenvalue weighted by molar-refractivity contribution is 5.45. The third-order valence-electron chi connectivity index (χ3n) is 4.18. The summed E-state index contributed by atoms with van der Waals surface area (Å²) in [5.41, 5.74) is 2.58. The zero-order valence-electron chi connectivity index (χ0n) is 12.5. The summed E-state index contributed by atoms with van der Waals surface area (Å²) in [6.07, 6.45) is 5.57. The maximum Gasteiger partial charge on any atom is 0.0343 e. The molecule has 1 heterocycles. The van der Waals surface area contributed by atoms with E-state index in [4.69, 9.17) is 0 Å². The van der Waals surface area contributed by atoms with Gasteiger partial charge in [0.25, 0.3) is 0 Å². The molecule has 2 heteroatoms. The van der Waals surface area contributed by atoms with E-state index >= 15 is 0 Å². The van der Waals surface area contributed by atoms with E-state index < -0.39 is 0 Å². The molecule has 1 aromatic rings. The number of benzene rings is 1. The number of likely N-dealkylation sites (tertiary alicyclic amines) is 1. The lowest BCUT2D eigenvalue weighted by Crippen LogP contribution is -2.36. The fourth-order valence-corrected chi connectivity index (χ4v) is 3.02. The van der Waals surface area contributed by atoms with Crippen molar-refractivity contribution in [3.8, 4) is 0 Å². The van der Waals surface area contributed by atoms with Gasteiger partial charge < -0.3 is 10.2 Å². The lowest BCUT2D eigenvalue weighted by atomic mass is 9.92. The molecule has 0 aliphatic carbocycles. The normalized spacial score (nSPS) is 17.6. The van der Waals surface area contributed by atoms with Crippen LogP contribution in [-0.2, 0) is 0 Å². The van der Waals surface area contributed by atoms with Gasteiger partial charge in [0, 0.05) is 18.8 Å². The van der Waals surface area contributed by atoms with Crippen molar-refractivity contribution in [3.05, 3.63) is 29.8 Å². The number of nitrogens with zero attached hydrogens (tertiary/aromatic N) is 1. The Balaban J connectivity index is 1.64. The van der Waals surface area contributed by atoms with E-state index in [-0.39, 0.29) is 0 Å². The van der Waals surface area contributed by atoms with Crippen LogP contribution in [0.2, 0.25) is 0 Å². The van der Waals surface area contributed by atoms with Gasteiger partial charge in [-0.2, -0.15) is 0 Å². The molecule has 1 saturated heterocycles. The first kappa shape index (κ1) is 14.4. The van der Waals surface area contributed by atoms with Gasteiger partial charge in [-0.05, 0) is 56.5 Å². The van der Waals surface area contributed by atoms with Crippen LogP contribution < -0.4 is 5.32 Å². The van der Waals surface area contributed by atoms with E-state index in [1.54, 1.807) is 0 Å². The molecule has 0 aromatic heterocycles. The molecule has 0 atom stereocenters. The third-order valence-corrected chi connectivity index (χ3v) is 4.18. The van der Waals surface area contributed by atoms with Crippen LogP contribution >= 0.6 is 0 Å². The van der Waals surface area contributed by atoms with Crippen LogP contribution in [0.3, 0.4) is 0 Å². The quantitative estimate of drug-likeness (QED) is 0.834. The third kappa shape index (κ3) is 4.87. The van der Waals surface area contributed by atoms with Crippen LogP contribution in [0.1, 0.15) is 38.2 Å². The molecule has 0 bridgehead atoms. The second kappa shape index (κ2) is 7.54. The first-order chi connectivity index (χ1) is 9.28. The van der Waals surface area contributed by atoms with E-state index in [1.807, 2.05) is 0 Å². The maximum atomic E-state index is 3.53. The lowest BCUT2D eigenvalue weighted by molar-refractivity contribution is 0.184. The molecule has 1 fully saturated rings. The molecular weight excluding hydrogens is 232 g/mol. The molecule has 0 amide bonds. The van der Waals surface area contributed by atoms with E-state index in [9.17, 15) is 0 Å². The molecule has 0 radical (unpaired) electrons. The number of aryl methyl sites for hydroxylation is 1. The van der Waals surface area contributed by atoms with Crippen molar-refractivity contribution < 1.29 is 0 Å². The van der Waals surface area contributed by atoms with Crippen LogP contribution in [-0.4, -0.2) is 31.1 Å². The van der Waals surface area contributed by atoms with E-state index in [0.717, 1.165) is 12.5 Å². The minimum absolute atomic E-state index is 0.992. The van der Waals surface area contributed by atoms with Crippen LogP contribution in [0.25, 0.3) is 0 Å². The zero-order valence-corrected chi connectivity index (χ0v) is 12.5. The average molecular weight is 260 g/mol. The Morgan fingerprint density at radius 3 is 2.74 bits per heavy atom. The molecule has 0 unspecified atom stereocenters. The van der Waals surface area contributed by atoms with E-state index in [1.165, 1.54) is 56.6 Å². The van der Waals surface area contributed by atoms with Gasteiger partial charge in [-0.3, -0.25) is 0 Å². The summed E-state index contributed by atoms with van der Waals surface area (Å²) < 4.78 is 0. The molecule has 106 valence electrons. The number of nitrogens with one attached hydrogen (secondary N) is 1. The van der Waals surface area contributed by atoms with Crippen molar-refractivity contribution in [2.45, 2.75) is 39.5 Å². The molecule has 1 aromatic carbocycles. The van der Waals surface area contributed by atoms with Gasteiger partial charge in [0.2, 0.25) is 0 Å². The Morgan fingerprint density at radius 1 is 1.26 bits per heavy atom. The Kier molecular flexibility index (Phi) is 5.71. The van der Waals surface area contributed by atoms with Crippen molar-refractivity contribution in [1.82, 2.24) is 4.90 Å². The second-order valence-electron chi connectivity index (χ2n) is 5.87. The molecule has 19 heavy (non-hydrogen) atoms. The largest absolute Gasteiger partial charge is 0.384 e. The number of piperidine rings is 1. The van der Waals surface area contributed by atoms with Crippen molar-refractivity contribution >= 4 is 5.69 Å². The number of rotatable bonds is 6. The molecule has 0 spiro atoms. The van der Waals surface area contributed by atoms with Gasteiger partial charge in [0.1, 0.15) is 0 Å². The first-order valence-electron chi connectivity index (χ1n) is 7.81. The highest BCUT2D eigenvalue weighted by atomic mass is 15.1. The average Bonchev–Trinajstić information content (AvgIpc) is 2.41. The molecule has 1 aliphatic heterocycles. The van der Waals surface area contributed by atoms with Crippen molar-refractivity contribution in [1.29, 1.82) is 0 Å². The van der Waals surface area contributed by atoms with Crippen molar-refractivity contribution in [2.75, 3.05) is 31.5 Å². The van der Waals surface area contributed by atoms with Gasteiger partial charge in [-0.1, -0.05) is 31.9 Å². The van der Waals surface area contributed by atoms with Gasteiger partial charge in [0.15, 0.2) is 0 Å². The summed E-state index contributed by atoms with van der Waals surface area (Å²) in [4.78, 5) is 2.61. The Morgan fingerprint density at radius 2 is 2.05 bits per heavy atom. The van der Waals surface area contributed by atoms with Crippen LogP contribution in [0.4, 0.5) is 5.69 Å². The fraction of sp³-hybridized carbons (Fsp3) is 0.647. The number of hydrogen-bond acceptors (Lipinski definition) is 2. The Labute approximate surface area is 118 Å². The summed E-state index contributed by atoms with van der Waals surface area (Å²) >= 11 is 0. The predicted molar refractivity (Wildman–Crippen MR) is 83.7 cm³/mol. The standard InChI is InChI=1S/C17H28N2/c1-3-5-16-8-11-19(12-9-16)13-10-18-17-7-4-6-15(2)14-17/h4,6-7,14,16,18H,3,5,8-13H2,1-2H3. The molecular formula is C17H28N2. The smallest absolute Gasteiger partial charge is 0.0343 e. The minimum Gasteiger partial charge on any atom is -0.384 e. The monoisotopic (exact) mass is 260 g/mol. The summed E-state index contributed by atoms with van der Waals surface area (Å²) in [5, 5.41) is 3.53. The van der Waals surface area contributed by atoms with Crippen molar-refractivity contribution in [2.24, 2.45) is 5.92 Å². The predicted octanol–water partition coefficient (Wildman–Crippen LogP) is 3.92. The summed E-state index contributed by atoms with van der Waals surface area (Å²) in [6, 6.07) is 8.63. The highest BCUT2D eigenvalue weighted by Gasteiger charge is 2.17. The van der Waals surface area contributed by atoms with E-state index in [2.05, 4.69) is 48.3 Å². The topological polar surface area (TPSA) is 15.3 Å². The van der Waals surface area contributed by atoms with Crippen LogP contribution in [0, 0.1) is 12.8 Å². The fourth-order valence-electron chi connectivity index (χ4n) is 3.02. The zero-order chi connectivity index (χ0) is 13.5. The van der Waals surface area contributed by atoms with Gasteiger partial charge in [0.05, 0.1) is 0 Å². The second-order valence-corrected chi connectivity index (χ2v) is 5.87. The SMILES string of the molecule is CCCC1CCN(CCNc2cccc(C)c2)CC1. The first-order valence-corrected chi connectivity index (χ1v) is 7.81. The highest BCUT2D eigenvalue weighted by Crippen LogP contribution is 2.21. The van der Waals surface area contributed by atoms with E-state index in [0.29, 0.717) is 0 Å². The Bertz CT molecular complexity index is 367. The summed E-state index contributed by atoms with van der Waals surface area (Å²) in [7, 11) is 0. The molecule has 1 aliphatic rings. The number of anilines is 1. The maximum absolute atomic E-state index is 3.53. The van der Waals surface area contributed by atoms with Crippen LogP contribution in [0.5, 0.6) is 0 Å². The van der Waals surface area contributed by atoms with Crippen molar-refractivity contribution in [3.63, 3.8) is 0 Å². The summed E-state index contributed by atoms with van der Waals surface area (Å²) in [5.74, 6) is 0.992. The number of hydrogen-bond donors (Lipinski definition) is 1. The molecule has 2 rings (SSSR count).